The van der Waals surface area contributed by atoms with Gasteiger partial charge in [-0.05, 0) is 43.9 Å². The van der Waals surface area contributed by atoms with Crippen LogP contribution in [0, 0.1) is 0 Å². The van der Waals surface area contributed by atoms with Gasteiger partial charge in [0.1, 0.15) is 0 Å². The van der Waals surface area contributed by atoms with Crippen molar-refractivity contribution in [3.05, 3.63) is 59.1 Å². The minimum absolute atomic E-state index is 0. The van der Waals surface area contributed by atoms with Crippen LogP contribution in [0.25, 0.3) is 0 Å². The maximum atomic E-state index is 12.8. The summed E-state index contributed by atoms with van der Waals surface area (Å²) < 4.78 is 0. The van der Waals surface area contributed by atoms with Gasteiger partial charge in [0.15, 0.2) is 0 Å². The lowest BCUT2D eigenvalue weighted by molar-refractivity contribution is -0.118. The van der Waals surface area contributed by atoms with Gasteiger partial charge in [-0.25, -0.2) is 0 Å². The van der Waals surface area contributed by atoms with Gasteiger partial charge in [-0.15, -0.1) is 24.2 Å². The lowest BCUT2D eigenvalue weighted by atomic mass is 10.1. The van der Waals surface area contributed by atoms with E-state index >= 15 is 0 Å². The molecule has 0 fully saturated rings. The van der Waals surface area contributed by atoms with Crippen LogP contribution in [0.3, 0.4) is 0 Å². The minimum Gasteiger partial charge on any atom is -0.310 e. The predicted molar refractivity (Wildman–Crippen MR) is 109 cm³/mol. The highest BCUT2D eigenvalue weighted by atomic mass is 35.5. The van der Waals surface area contributed by atoms with Crippen LogP contribution in [-0.4, -0.2) is 38.0 Å². The van der Waals surface area contributed by atoms with Crippen molar-refractivity contribution in [2.75, 3.05) is 32.1 Å². The van der Waals surface area contributed by atoms with Crippen molar-refractivity contribution in [1.29, 1.82) is 0 Å². The Morgan fingerprint density at radius 3 is 2.56 bits per heavy atom. The van der Waals surface area contributed by atoms with E-state index < -0.39 is 0 Å². The number of hydrogen-bond donors (Lipinski definition) is 0. The summed E-state index contributed by atoms with van der Waals surface area (Å²) in [7, 11) is 3.98. The molecule has 1 unspecified atom stereocenters. The van der Waals surface area contributed by atoms with Gasteiger partial charge in [0.05, 0.1) is 10.9 Å². The molecule has 1 aliphatic rings. The summed E-state index contributed by atoms with van der Waals surface area (Å²) >= 11 is 7.82. The third-order valence-corrected chi connectivity index (χ3v) is 5.65. The third kappa shape index (κ3) is 4.91. The standard InChI is InChI=1S/C19H21ClN2OS.ClH/c1-21(2)12-11-19(23)22-13-18(14-7-9-15(20)10-8-14)24-17-6-4-3-5-16(17)22;/h3-10,18H,11-13H2,1-2H3;1H. The Labute approximate surface area is 164 Å². The Kier molecular flexibility index (Phi) is 7.20. The van der Waals surface area contributed by atoms with Crippen molar-refractivity contribution in [2.24, 2.45) is 0 Å². The second-order valence-electron chi connectivity index (χ2n) is 6.18. The van der Waals surface area contributed by atoms with Gasteiger partial charge in [0.2, 0.25) is 5.91 Å². The van der Waals surface area contributed by atoms with Gasteiger partial charge in [0, 0.05) is 29.4 Å². The Morgan fingerprint density at radius 1 is 1.20 bits per heavy atom. The first-order valence-electron chi connectivity index (χ1n) is 8.01. The maximum absolute atomic E-state index is 12.8. The molecular weight excluding hydrogens is 375 g/mol. The number of para-hydroxylation sites is 1. The normalized spacial score (nSPS) is 16.3. The summed E-state index contributed by atoms with van der Waals surface area (Å²) in [6, 6.07) is 16.1. The average molecular weight is 397 g/mol. The number of thioether (sulfide) groups is 1. The molecule has 0 aromatic heterocycles. The Balaban J connectivity index is 0.00000225. The fourth-order valence-corrected chi connectivity index (χ4v) is 4.18. The molecule has 1 aliphatic heterocycles. The van der Waals surface area contributed by atoms with E-state index in [0.29, 0.717) is 13.0 Å². The molecule has 0 N–H and O–H groups in total. The molecule has 2 aromatic carbocycles. The van der Waals surface area contributed by atoms with E-state index in [4.69, 9.17) is 11.6 Å². The molecule has 1 amide bonds. The van der Waals surface area contributed by atoms with Gasteiger partial charge in [-0.3, -0.25) is 4.79 Å². The van der Waals surface area contributed by atoms with E-state index in [0.717, 1.165) is 22.2 Å². The summed E-state index contributed by atoms with van der Waals surface area (Å²) in [5.41, 5.74) is 2.22. The van der Waals surface area contributed by atoms with Gasteiger partial charge in [-0.2, -0.15) is 0 Å². The number of anilines is 1. The first-order chi connectivity index (χ1) is 11.5. The maximum Gasteiger partial charge on any atom is 0.228 e. The number of fused-ring (bicyclic) bond motifs is 1. The van der Waals surface area contributed by atoms with Gasteiger partial charge in [-0.1, -0.05) is 35.9 Å². The van der Waals surface area contributed by atoms with Crippen LogP contribution in [0.1, 0.15) is 17.2 Å². The van der Waals surface area contributed by atoms with Crippen molar-refractivity contribution in [1.82, 2.24) is 4.90 Å². The van der Waals surface area contributed by atoms with E-state index in [2.05, 4.69) is 18.2 Å². The Bertz CT molecular complexity index is 722. The molecule has 1 atom stereocenters. The molecule has 0 radical (unpaired) electrons. The zero-order chi connectivity index (χ0) is 17.1. The predicted octanol–water partition coefficient (Wildman–Crippen LogP) is 4.89. The van der Waals surface area contributed by atoms with Crippen molar-refractivity contribution >= 4 is 47.4 Å². The van der Waals surface area contributed by atoms with Crippen LogP contribution in [0.2, 0.25) is 5.02 Å². The van der Waals surface area contributed by atoms with Gasteiger partial charge < -0.3 is 9.80 Å². The van der Waals surface area contributed by atoms with Gasteiger partial charge in [0.25, 0.3) is 0 Å². The summed E-state index contributed by atoms with van der Waals surface area (Å²) in [6.45, 7) is 1.45. The summed E-state index contributed by atoms with van der Waals surface area (Å²) in [5.74, 6) is 0.176. The van der Waals surface area contributed by atoms with Crippen LogP contribution in [0.5, 0.6) is 0 Å². The zero-order valence-electron chi connectivity index (χ0n) is 14.3. The van der Waals surface area contributed by atoms with Crippen molar-refractivity contribution in [2.45, 2.75) is 16.6 Å². The summed E-state index contributed by atoms with van der Waals surface area (Å²) in [6.07, 6.45) is 0.527. The lowest BCUT2D eigenvalue weighted by Crippen LogP contribution is -2.38. The first-order valence-corrected chi connectivity index (χ1v) is 9.26. The highest BCUT2D eigenvalue weighted by molar-refractivity contribution is 7.99. The van der Waals surface area contributed by atoms with E-state index in [1.165, 1.54) is 5.56 Å². The number of amides is 1. The van der Waals surface area contributed by atoms with Crippen LogP contribution >= 0.6 is 35.8 Å². The smallest absolute Gasteiger partial charge is 0.228 e. The number of hydrogen-bond acceptors (Lipinski definition) is 3. The van der Waals surface area contributed by atoms with E-state index in [9.17, 15) is 4.79 Å². The van der Waals surface area contributed by atoms with Crippen molar-refractivity contribution < 1.29 is 4.79 Å². The Hall–Kier alpha value is -1.20. The summed E-state index contributed by atoms with van der Waals surface area (Å²) in [4.78, 5) is 17.9. The number of nitrogens with zero attached hydrogens (tertiary/aromatic N) is 2. The van der Waals surface area contributed by atoms with E-state index in [1.54, 1.807) is 0 Å². The second kappa shape index (κ2) is 8.95. The zero-order valence-corrected chi connectivity index (χ0v) is 16.7. The second-order valence-corrected chi connectivity index (χ2v) is 7.86. The topological polar surface area (TPSA) is 23.6 Å². The number of benzene rings is 2. The highest BCUT2D eigenvalue weighted by Crippen LogP contribution is 2.45. The molecule has 2 aromatic rings. The number of rotatable bonds is 4. The van der Waals surface area contributed by atoms with Crippen LogP contribution in [0.15, 0.2) is 53.4 Å². The molecule has 134 valence electrons. The molecule has 0 aliphatic carbocycles. The molecule has 0 saturated carbocycles. The molecule has 3 nitrogen and oxygen atoms in total. The van der Waals surface area contributed by atoms with Gasteiger partial charge >= 0.3 is 0 Å². The number of carbonyl (C=O) groups excluding carboxylic acids is 1. The third-order valence-electron chi connectivity index (χ3n) is 4.09. The molecule has 1 heterocycles. The average Bonchev–Trinajstić information content (AvgIpc) is 2.59. The molecular formula is C19H22Cl2N2OS. The van der Waals surface area contributed by atoms with E-state index in [-0.39, 0.29) is 23.6 Å². The van der Waals surface area contributed by atoms with E-state index in [1.807, 2.05) is 66.0 Å². The number of halogens is 2. The van der Waals surface area contributed by atoms with Crippen molar-refractivity contribution in [3.63, 3.8) is 0 Å². The van der Waals surface area contributed by atoms with Crippen LogP contribution in [-0.2, 0) is 4.79 Å². The number of carbonyl (C=O) groups is 1. The SMILES string of the molecule is CN(C)CCC(=O)N1CC(c2ccc(Cl)cc2)Sc2ccccc21.Cl. The molecule has 3 rings (SSSR count). The molecule has 0 bridgehead atoms. The summed E-state index contributed by atoms with van der Waals surface area (Å²) in [5, 5.41) is 0.958. The quantitative estimate of drug-likeness (QED) is 0.734. The molecule has 6 heteroatoms. The molecule has 25 heavy (non-hydrogen) atoms. The van der Waals surface area contributed by atoms with Crippen LogP contribution < -0.4 is 4.90 Å². The largest absolute Gasteiger partial charge is 0.310 e. The lowest BCUT2D eigenvalue weighted by Gasteiger charge is -2.34. The van der Waals surface area contributed by atoms with Crippen molar-refractivity contribution in [3.8, 4) is 0 Å². The first kappa shape index (κ1) is 20.1. The monoisotopic (exact) mass is 396 g/mol. The highest BCUT2D eigenvalue weighted by Gasteiger charge is 2.29. The Morgan fingerprint density at radius 2 is 1.88 bits per heavy atom. The molecule has 0 spiro atoms. The fourth-order valence-electron chi connectivity index (χ4n) is 2.78. The molecule has 0 saturated heterocycles. The minimum atomic E-state index is 0. The fraction of sp³-hybridized carbons (Fsp3) is 0.316. The van der Waals surface area contributed by atoms with Crippen LogP contribution in [0.4, 0.5) is 5.69 Å².